The van der Waals surface area contributed by atoms with Crippen molar-refractivity contribution in [3.05, 3.63) is 66.0 Å². The number of nitrogens with one attached hydrogen (secondary N) is 1. The number of methoxy groups -OCH3 is 1. The van der Waals surface area contributed by atoms with Gasteiger partial charge < -0.3 is 29.0 Å². The van der Waals surface area contributed by atoms with Crippen LogP contribution in [0.25, 0.3) is 0 Å². The second-order valence-corrected chi connectivity index (χ2v) is 9.76. The zero-order valence-corrected chi connectivity index (χ0v) is 24.0. The summed E-state index contributed by atoms with van der Waals surface area (Å²) in [6, 6.07) is 8.97. The van der Waals surface area contributed by atoms with Gasteiger partial charge in [-0.15, -0.1) is 0 Å². The average molecular weight is 583 g/mol. The maximum atomic E-state index is 13.4. The number of pyridine rings is 1. The van der Waals surface area contributed by atoms with Crippen LogP contribution in [0.1, 0.15) is 43.7 Å². The van der Waals surface area contributed by atoms with E-state index in [1.807, 2.05) is 18.2 Å². The molecule has 2 heterocycles. The minimum atomic E-state index is -1.46. The fourth-order valence-electron chi connectivity index (χ4n) is 4.10. The molecule has 0 radical (unpaired) electrons. The van der Waals surface area contributed by atoms with E-state index in [1.54, 1.807) is 32.9 Å². The quantitative estimate of drug-likeness (QED) is 0.263. The fraction of sp³-hybridized carbons (Fsp3) is 0.400. The lowest BCUT2D eigenvalue weighted by Crippen LogP contribution is -2.47. The van der Waals surface area contributed by atoms with Gasteiger partial charge in [-0.3, -0.25) is 14.4 Å². The summed E-state index contributed by atoms with van der Waals surface area (Å²) in [6.07, 6.45) is 1.74. The minimum absolute atomic E-state index is 0.0451. The molecule has 0 spiro atoms. The second kappa shape index (κ2) is 14.8. The molecule has 3 rings (SSSR count). The molecular weight excluding hydrogens is 548 g/mol. The maximum Gasteiger partial charge on any atom is 0.336 e. The Bertz CT molecular complexity index is 1320. The summed E-state index contributed by atoms with van der Waals surface area (Å²) in [5.41, 5.74) is 0.418. The van der Waals surface area contributed by atoms with Crippen molar-refractivity contribution in [2.75, 3.05) is 13.7 Å². The number of ether oxygens (including phenoxy) is 5. The average Bonchev–Trinajstić information content (AvgIpc) is 2.99. The third-order valence-electron chi connectivity index (χ3n) is 6.28. The van der Waals surface area contributed by atoms with Crippen molar-refractivity contribution in [3.63, 3.8) is 0 Å². The van der Waals surface area contributed by atoms with Gasteiger partial charge in [0.05, 0.1) is 13.0 Å². The third-order valence-corrected chi connectivity index (χ3v) is 6.28. The largest absolute Gasteiger partial charge is 0.493 e. The highest BCUT2D eigenvalue weighted by Crippen LogP contribution is 2.30. The number of cyclic esters (lactones) is 2. The highest BCUT2D eigenvalue weighted by Gasteiger charge is 2.42. The van der Waals surface area contributed by atoms with Crippen LogP contribution in [0.2, 0.25) is 0 Å². The van der Waals surface area contributed by atoms with Gasteiger partial charge in [0.1, 0.15) is 18.6 Å². The number of nitrogens with zero attached hydrogens (tertiary/aromatic N) is 1. The third kappa shape index (κ3) is 8.15. The van der Waals surface area contributed by atoms with Gasteiger partial charge in [0.2, 0.25) is 5.75 Å². The summed E-state index contributed by atoms with van der Waals surface area (Å²) < 4.78 is 27.2. The number of carbonyl (C=O) groups is 5. The first-order valence-corrected chi connectivity index (χ1v) is 13.4. The Hall–Kier alpha value is -4.74. The van der Waals surface area contributed by atoms with Gasteiger partial charge in [0.15, 0.2) is 23.6 Å². The molecular formula is C30H34N2O10. The molecule has 4 atom stereocenters. The maximum absolute atomic E-state index is 13.4. The Kier molecular flexibility index (Phi) is 11.2. The molecule has 12 nitrogen and oxygen atoms in total. The van der Waals surface area contributed by atoms with Crippen molar-refractivity contribution in [1.82, 2.24) is 10.3 Å². The SMILES string of the molecule is C/C=C/C(=O)Oc1c(OC)ccnc1C(=O)N[C@H]1COC(=O)[C@H](Cc2ccccc2)[C@@H](OC(=O)C(C)C)[C@H](C)OC1=O. The normalized spacial score (nSPS) is 20.9. The molecule has 1 aliphatic rings. The molecule has 1 N–H and O–H groups in total. The van der Waals surface area contributed by atoms with Crippen LogP contribution < -0.4 is 14.8 Å². The molecule has 0 saturated carbocycles. The summed E-state index contributed by atoms with van der Waals surface area (Å²) in [4.78, 5) is 68.5. The van der Waals surface area contributed by atoms with E-state index in [-0.39, 0.29) is 23.6 Å². The van der Waals surface area contributed by atoms with E-state index in [1.165, 1.54) is 32.4 Å². The van der Waals surface area contributed by atoms with Crippen LogP contribution >= 0.6 is 0 Å². The predicted octanol–water partition coefficient (Wildman–Crippen LogP) is 2.59. The van der Waals surface area contributed by atoms with Gasteiger partial charge >= 0.3 is 23.9 Å². The van der Waals surface area contributed by atoms with Crippen molar-refractivity contribution < 1.29 is 47.7 Å². The topological polar surface area (TPSA) is 156 Å². The highest BCUT2D eigenvalue weighted by molar-refractivity contribution is 5.99. The van der Waals surface area contributed by atoms with Crippen molar-refractivity contribution in [1.29, 1.82) is 0 Å². The smallest absolute Gasteiger partial charge is 0.336 e. The number of allylic oxidation sites excluding steroid dienone is 1. The first kappa shape index (κ1) is 31.8. The molecule has 1 aromatic heterocycles. The van der Waals surface area contributed by atoms with Crippen molar-refractivity contribution in [3.8, 4) is 11.5 Å². The zero-order valence-electron chi connectivity index (χ0n) is 24.0. The summed E-state index contributed by atoms with van der Waals surface area (Å²) in [5, 5.41) is 2.43. The van der Waals surface area contributed by atoms with Crippen molar-refractivity contribution >= 4 is 29.8 Å². The highest BCUT2D eigenvalue weighted by atomic mass is 16.6. The zero-order chi connectivity index (χ0) is 30.8. The number of hydrogen-bond donors (Lipinski definition) is 1. The first-order chi connectivity index (χ1) is 20.0. The van der Waals surface area contributed by atoms with E-state index >= 15 is 0 Å². The van der Waals surface area contributed by atoms with Gasteiger partial charge in [-0.25, -0.2) is 14.6 Å². The molecule has 12 heteroatoms. The number of hydrogen-bond acceptors (Lipinski definition) is 11. The molecule has 42 heavy (non-hydrogen) atoms. The van der Waals surface area contributed by atoms with Crippen LogP contribution in [-0.2, 0) is 39.8 Å². The molecule has 1 fully saturated rings. The van der Waals surface area contributed by atoms with E-state index in [0.717, 1.165) is 11.6 Å². The van der Waals surface area contributed by atoms with E-state index in [0.29, 0.717) is 0 Å². The number of rotatable bonds is 9. The van der Waals surface area contributed by atoms with Crippen LogP contribution in [0.5, 0.6) is 11.5 Å². The summed E-state index contributed by atoms with van der Waals surface area (Å²) in [5.74, 6) is -5.72. The van der Waals surface area contributed by atoms with Gasteiger partial charge in [-0.05, 0) is 25.8 Å². The molecule has 0 unspecified atom stereocenters. The number of esters is 4. The second-order valence-electron chi connectivity index (χ2n) is 9.76. The predicted molar refractivity (Wildman–Crippen MR) is 147 cm³/mol. The number of amides is 1. The monoisotopic (exact) mass is 582 g/mol. The van der Waals surface area contributed by atoms with E-state index in [4.69, 9.17) is 23.7 Å². The molecule has 2 aromatic rings. The van der Waals surface area contributed by atoms with Gasteiger partial charge in [0.25, 0.3) is 5.91 Å². The lowest BCUT2D eigenvalue weighted by molar-refractivity contribution is -0.176. The first-order valence-electron chi connectivity index (χ1n) is 13.4. The lowest BCUT2D eigenvalue weighted by Gasteiger charge is -2.29. The van der Waals surface area contributed by atoms with Crippen LogP contribution in [0, 0.1) is 11.8 Å². The van der Waals surface area contributed by atoms with Crippen LogP contribution in [0.15, 0.2) is 54.7 Å². The summed E-state index contributed by atoms with van der Waals surface area (Å²) >= 11 is 0. The number of benzene rings is 1. The van der Waals surface area contributed by atoms with Gasteiger partial charge in [-0.1, -0.05) is 50.3 Å². The number of aromatic nitrogens is 1. The Balaban J connectivity index is 1.90. The fourth-order valence-corrected chi connectivity index (χ4v) is 4.10. The van der Waals surface area contributed by atoms with Crippen molar-refractivity contribution in [2.45, 2.75) is 52.4 Å². The minimum Gasteiger partial charge on any atom is -0.493 e. The van der Waals surface area contributed by atoms with E-state index < -0.39 is 66.5 Å². The lowest BCUT2D eigenvalue weighted by atomic mass is 9.91. The standard InChI is InChI=1S/C30H34N2O10/c1-6-10-23(33)41-26-22(38-5)13-14-31-24(26)27(34)32-21-16-39-29(36)20(15-19-11-8-7-9-12-19)25(18(4)40-30(21)37)42-28(35)17(2)3/h6-14,17-18,20-21,25H,15-16H2,1-5H3,(H,32,34)/b10-6+/t18-,20+,21-,25-/m0/s1. The molecule has 1 amide bonds. The Morgan fingerprint density at radius 2 is 1.83 bits per heavy atom. The molecule has 1 aromatic carbocycles. The Labute approximate surface area is 243 Å². The molecule has 1 aliphatic heterocycles. The molecule has 0 aliphatic carbocycles. The van der Waals surface area contributed by atoms with Gasteiger partial charge in [0, 0.05) is 18.3 Å². The molecule has 224 valence electrons. The number of carbonyl (C=O) groups excluding carboxylic acids is 5. The van der Waals surface area contributed by atoms with Crippen LogP contribution in [-0.4, -0.2) is 66.7 Å². The molecule has 1 saturated heterocycles. The Morgan fingerprint density at radius 1 is 1.12 bits per heavy atom. The molecule has 0 bridgehead atoms. The van der Waals surface area contributed by atoms with Crippen molar-refractivity contribution in [2.24, 2.45) is 11.8 Å². The van der Waals surface area contributed by atoms with E-state index in [2.05, 4.69) is 10.3 Å². The van der Waals surface area contributed by atoms with Gasteiger partial charge in [-0.2, -0.15) is 0 Å². The van der Waals surface area contributed by atoms with E-state index in [9.17, 15) is 24.0 Å². The summed E-state index contributed by atoms with van der Waals surface area (Å²) in [6.45, 7) is 5.80. The van der Waals surface area contributed by atoms with Crippen LogP contribution in [0.3, 0.4) is 0 Å². The van der Waals surface area contributed by atoms with Crippen LogP contribution in [0.4, 0.5) is 0 Å². The summed E-state index contributed by atoms with van der Waals surface area (Å²) in [7, 11) is 1.31. The Morgan fingerprint density at radius 3 is 2.48 bits per heavy atom.